The monoisotopic (exact) mass is 304 g/mol. The van der Waals surface area contributed by atoms with Gasteiger partial charge in [-0.3, -0.25) is 10.1 Å². The van der Waals surface area contributed by atoms with Crippen molar-refractivity contribution >= 4 is 11.4 Å². The number of hydrogen-bond acceptors (Lipinski definition) is 5. The summed E-state index contributed by atoms with van der Waals surface area (Å²) < 4.78 is 33.8. The van der Waals surface area contributed by atoms with Crippen molar-refractivity contribution in [2.45, 2.75) is 19.8 Å². The smallest absolute Gasteiger partial charge is 0.275 e. The van der Waals surface area contributed by atoms with E-state index in [1.807, 2.05) is 6.92 Å². The molecule has 21 heavy (non-hydrogen) atoms. The van der Waals surface area contributed by atoms with Crippen LogP contribution < -0.4 is 10.1 Å². The third-order valence-corrected chi connectivity index (χ3v) is 2.39. The SMILES string of the molecule is CCCOc1cc(NCCOCC(F)F)cc([N+](=O)[O-])c1. The first-order valence-electron chi connectivity index (χ1n) is 6.55. The van der Waals surface area contributed by atoms with Crippen LogP contribution in [0.4, 0.5) is 20.2 Å². The maximum atomic E-state index is 11.9. The van der Waals surface area contributed by atoms with Gasteiger partial charge in [0.2, 0.25) is 0 Å². The molecule has 0 radical (unpaired) electrons. The number of nitrogens with one attached hydrogen (secondary N) is 1. The molecule has 6 nitrogen and oxygen atoms in total. The van der Waals surface area contributed by atoms with Gasteiger partial charge in [-0.05, 0) is 6.42 Å². The number of nitro groups is 1. The van der Waals surface area contributed by atoms with Gasteiger partial charge in [0.25, 0.3) is 12.1 Å². The molecular weight excluding hydrogens is 286 g/mol. The van der Waals surface area contributed by atoms with Gasteiger partial charge in [-0.15, -0.1) is 0 Å². The Bertz CT molecular complexity index is 458. The van der Waals surface area contributed by atoms with Crippen LogP contribution in [0.25, 0.3) is 0 Å². The van der Waals surface area contributed by atoms with Crippen molar-refractivity contribution in [3.63, 3.8) is 0 Å². The molecular formula is C13H18F2N2O4. The van der Waals surface area contributed by atoms with E-state index in [4.69, 9.17) is 9.47 Å². The van der Waals surface area contributed by atoms with E-state index in [-0.39, 0.29) is 18.8 Å². The molecule has 1 aromatic carbocycles. The van der Waals surface area contributed by atoms with Crippen LogP contribution in [-0.4, -0.2) is 37.7 Å². The number of non-ortho nitro benzene ring substituents is 1. The van der Waals surface area contributed by atoms with Crippen LogP contribution >= 0.6 is 0 Å². The van der Waals surface area contributed by atoms with Gasteiger partial charge < -0.3 is 14.8 Å². The molecule has 0 saturated carbocycles. The Morgan fingerprint density at radius 1 is 1.33 bits per heavy atom. The van der Waals surface area contributed by atoms with Crippen molar-refractivity contribution in [2.24, 2.45) is 0 Å². The first-order valence-corrected chi connectivity index (χ1v) is 6.55. The van der Waals surface area contributed by atoms with Crippen LogP contribution in [0.2, 0.25) is 0 Å². The normalized spacial score (nSPS) is 10.7. The Morgan fingerprint density at radius 2 is 2.10 bits per heavy atom. The number of hydrogen-bond donors (Lipinski definition) is 1. The highest BCUT2D eigenvalue weighted by molar-refractivity contribution is 5.56. The second kappa shape index (κ2) is 9.06. The molecule has 0 heterocycles. The largest absolute Gasteiger partial charge is 0.493 e. The fourth-order valence-corrected chi connectivity index (χ4v) is 1.53. The first kappa shape index (κ1) is 17.1. The van der Waals surface area contributed by atoms with Gasteiger partial charge in [0, 0.05) is 24.4 Å². The van der Waals surface area contributed by atoms with E-state index in [1.54, 1.807) is 6.07 Å². The van der Waals surface area contributed by atoms with E-state index >= 15 is 0 Å². The van der Waals surface area contributed by atoms with E-state index in [9.17, 15) is 18.9 Å². The third-order valence-electron chi connectivity index (χ3n) is 2.39. The molecule has 1 aromatic rings. The van der Waals surface area contributed by atoms with E-state index in [2.05, 4.69) is 5.32 Å². The molecule has 0 atom stereocenters. The molecule has 0 spiro atoms. The second-order valence-electron chi connectivity index (χ2n) is 4.21. The zero-order valence-corrected chi connectivity index (χ0v) is 11.7. The Morgan fingerprint density at radius 3 is 2.71 bits per heavy atom. The average molecular weight is 304 g/mol. The third kappa shape index (κ3) is 6.84. The molecule has 118 valence electrons. The quantitative estimate of drug-likeness (QED) is 0.408. The number of alkyl halides is 2. The van der Waals surface area contributed by atoms with Gasteiger partial charge in [0.15, 0.2) is 0 Å². The highest BCUT2D eigenvalue weighted by Gasteiger charge is 2.10. The minimum absolute atomic E-state index is 0.0815. The van der Waals surface area contributed by atoms with Crippen LogP contribution in [-0.2, 0) is 4.74 Å². The van der Waals surface area contributed by atoms with Gasteiger partial charge in [0.05, 0.1) is 24.2 Å². The van der Waals surface area contributed by atoms with E-state index in [0.717, 1.165) is 6.42 Å². The number of benzene rings is 1. The maximum absolute atomic E-state index is 11.9. The molecule has 1 N–H and O–H groups in total. The molecule has 1 rings (SSSR count). The lowest BCUT2D eigenvalue weighted by atomic mass is 10.2. The molecule has 0 unspecified atom stereocenters. The van der Waals surface area contributed by atoms with Crippen molar-refractivity contribution in [3.05, 3.63) is 28.3 Å². The van der Waals surface area contributed by atoms with Crippen LogP contribution in [0.5, 0.6) is 5.75 Å². The number of rotatable bonds is 10. The minimum atomic E-state index is -2.50. The summed E-state index contributed by atoms with van der Waals surface area (Å²) in [7, 11) is 0. The summed E-state index contributed by atoms with van der Waals surface area (Å²) in [5, 5.41) is 13.7. The highest BCUT2D eigenvalue weighted by atomic mass is 19.3. The van der Waals surface area contributed by atoms with Crippen LogP contribution in [0.1, 0.15) is 13.3 Å². The summed E-state index contributed by atoms with van der Waals surface area (Å²) >= 11 is 0. The number of ether oxygens (including phenoxy) is 2. The summed E-state index contributed by atoms with van der Waals surface area (Å²) in [5.74, 6) is 0.391. The van der Waals surface area contributed by atoms with Gasteiger partial charge in [-0.25, -0.2) is 8.78 Å². The number of halogens is 2. The fourth-order valence-electron chi connectivity index (χ4n) is 1.53. The number of nitro benzene ring substituents is 1. The lowest BCUT2D eigenvalue weighted by molar-refractivity contribution is -0.384. The van der Waals surface area contributed by atoms with Crippen LogP contribution in [0, 0.1) is 10.1 Å². The molecule has 0 aromatic heterocycles. The van der Waals surface area contributed by atoms with Crippen molar-refractivity contribution in [3.8, 4) is 5.75 Å². The van der Waals surface area contributed by atoms with Crippen molar-refractivity contribution in [1.82, 2.24) is 0 Å². The molecule has 0 aliphatic heterocycles. The van der Waals surface area contributed by atoms with E-state index in [0.29, 0.717) is 18.0 Å². The van der Waals surface area contributed by atoms with Crippen molar-refractivity contribution in [2.75, 3.05) is 31.7 Å². The van der Waals surface area contributed by atoms with Gasteiger partial charge in [0.1, 0.15) is 12.4 Å². The van der Waals surface area contributed by atoms with Crippen LogP contribution in [0.3, 0.4) is 0 Å². The Kier molecular flexibility index (Phi) is 7.38. The lowest BCUT2D eigenvalue weighted by Gasteiger charge is -2.10. The average Bonchev–Trinajstić information content (AvgIpc) is 2.44. The zero-order chi connectivity index (χ0) is 15.7. The molecule has 0 aliphatic rings. The van der Waals surface area contributed by atoms with Crippen molar-refractivity contribution < 1.29 is 23.2 Å². The minimum Gasteiger partial charge on any atom is -0.493 e. The van der Waals surface area contributed by atoms with Gasteiger partial charge in [-0.2, -0.15) is 0 Å². The highest BCUT2D eigenvalue weighted by Crippen LogP contribution is 2.26. The molecule has 8 heteroatoms. The number of nitrogens with zero attached hydrogens (tertiary/aromatic N) is 1. The second-order valence-corrected chi connectivity index (χ2v) is 4.21. The predicted molar refractivity (Wildman–Crippen MR) is 74.2 cm³/mol. The summed E-state index contributed by atoms with van der Waals surface area (Å²) in [6.07, 6.45) is -1.72. The van der Waals surface area contributed by atoms with Crippen LogP contribution in [0.15, 0.2) is 18.2 Å². The Labute approximate surface area is 121 Å². The molecule has 0 fully saturated rings. The van der Waals surface area contributed by atoms with Gasteiger partial charge in [-0.1, -0.05) is 6.92 Å². The summed E-state index contributed by atoms with van der Waals surface area (Å²) in [4.78, 5) is 10.3. The molecule has 0 amide bonds. The number of anilines is 1. The summed E-state index contributed by atoms with van der Waals surface area (Å²) in [6.45, 7) is 2.11. The molecule has 0 saturated heterocycles. The first-order chi connectivity index (χ1) is 10.0. The Hall–Kier alpha value is -1.96. The fraction of sp³-hybridized carbons (Fsp3) is 0.538. The van der Waals surface area contributed by atoms with Gasteiger partial charge >= 0.3 is 0 Å². The lowest BCUT2D eigenvalue weighted by Crippen LogP contribution is -2.13. The maximum Gasteiger partial charge on any atom is 0.275 e. The van der Waals surface area contributed by atoms with Crippen molar-refractivity contribution in [1.29, 1.82) is 0 Å². The summed E-state index contributed by atoms with van der Waals surface area (Å²) in [6, 6.07) is 4.32. The molecule has 0 aliphatic carbocycles. The standard InChI is InChI=1S/C13H18F2N2O4/c1-2-4-21-12-7-10(6-11(8-12)17(18)19)16-3-5-20-9-13(14)15/h6-8,13,16H,2-5,9H2,1H3. The molecule has 0 bridgehead atoms. The predicted octanol–water partition coefficient (Wildman–Crippen LogP) is 3.08. The zero-order valence-electron chi connectivity index (χ0n) is 11.7. The summed E-state index contributed by atoms with van der Waals surface area (Å²) in [5.41, 5.74) is 0.385. The topological polar surface area (TPSA) is 73.6 Å². The van der Waals surface area contributed by atoms with E-state index in [1.165, 1.54) is 12.1 Å². The van der Waals surface area contributed by atoms with E-state index < -0.39 is 18.0 Å². The Balaban J connectivity index is 2.58.